The van der Waals surface area contributed by atoms with E-state index in [1.807, 2.05) is 30.9 Å². The van der Waals surface area contributed by atoms with E-state index in [9.17, 15) is 9.18 Å². The lowest BCUT2D eigenvalue weighted by atomic mass is 10.0. The normalized spacial score (nSPS) is 17.1. The first-order valence-corrected chi connectivity index (χ1v) is 8.34. The Morgan fingerprint density at radius 3 is 2.75 bits per heavy atom. The summed E-state index contributed by atoms with van der Waals surface area (Å²) in [5.41, 5.74) is 3.70. The van der Waals surface area contributed by atoms with Crippen molar-refractivity contribution in [2.75, 3.05) is 18.4 Å². The number of nitrogens with one attached hydrogen (secondary N) is 1. The van der Waals surface area contributed by atoms with Crippen LogP contribution in [0.1, 0.15) is 37.1 Å². The van der Waals surface area contributed by atoms with Gasteiger partial charge in [0.05, 0.1) is 0 Å². The van der Waals surface area contributed by atoms with Gasteiger partial charge in [0.2, 0.25) is 5.91 Å². The van der Waals surface area contributed by atoms with Crippen LogP contribution in [0.15, 0.2) is 36.4 Å². The highest BCUT2D eigenvalue weighted by Gasteiger charge is 2.27. The molecule has 2 aromatic rings. The van der Waals surface area contributed by atoms with Crippen LogP contribution in [0.4, 0.5) is 15.8 Å². The number of hydrogen-bond acceptors (Lipinski definition) is 3. The number of rotatable bonds is 4. The van der Waals surface area contributed by atoms with Crippen molar-refractivity contribution in [1.29, 1.82) is 0 Å². The molecular formula is C19H22FN3O. The quantitative estimate of drug-likeness (QED) is 0.923. The van der Waals surface area contributed by atoms with E-state index in [1.54, 1.807) is 12.1 Å². The Hall–Kier alpha value is -2.43. The Balaban J connectivity index is 1.77. The lowest BCUT2D eigenvalue weighted by Crippen LogP contribution is -2.27. The summed E-state index contributed by atoms with van der Waals surface area (Å²) in [5.74, 6) is 0.225. The molecule has 1 N–H and O–H groups in total. The summed E-state index contributed by atoms with van der Waals surface area (Å²) in [7, 11) is 0. The molecule has 1 saturated heterocycles. The highest BCUT2D eigenvalue weighted by molar-refractivity contribution is 5.76. The number of halogens is 1. The molecule has 1 atom stereocenters. The Kier molecular flexibility index (Phi) is 4.79. The second-order valence-electron chi connectivity index (χ2n) is 6.23. The zero-order valence-electron chi connectivity index (χ0n) is 14.1. The first-order chi connectivity index (χ1) is 11.5. The second kappa shape index (κ2) is 6.99. The van der Waals surface area contributed by atoms with Gasteiger partial charge in [-0.3, -0.25) is 9.78 Å². The summed E-state index contributed by atoms with van der Waals surface area (Å²) in [6.07, 6.45) is 1.49. The van der Waals surface area contributed by atoms with Crippen LogP contribution < -0.4 is 5.32 Å². The molecule has 1 aromatic heterocycles. The maximum Gasteiger partial charge on any atom is 0.222 e. The van der Waals surface area contributed by atoms with Crippen molar-refractivity contribution in [3.05, 3.63) is 53.6 Å². The Morgan fingerprint density at radius 1 is 1.29 bits per heavy atom. The molecule has 3 rings (SSSR count). The molecule has 4 nitrogen and oxygen atoms in total. The molecule has 1 aromatic carbocycles. The van der Waals surface area contributed by atoms with E-state index in [-0.39, 0.29) is 17.6 Å². The number of pyridine rings is 1. The third-order valence-electron chi connectivity index (χ3n) is 4.37. The smallest absolute Gasteiger partial charge is 0.222 e. The van der Waals surface area contributed by atoms with E-state index >= 15 is 0 Å². The number of aromatic nitrogens is 1. The third-order valence-corrected chi connectivity index (χ3v) is 4.37. The van der Waals surface area contributed by atoms with Gasteiger partial charge in [0.15, 0.2) is 0 Å². The topological polar surface area (TPSA) is 45.2 Å². The molecule has 126 valence electrons. The average molecular weight is 327 g/mol. The Morgan fingerprint density at radius 2 is 2.04 bits per heavy atom. The largest absolute Gasteiger partial charge is 0.355 e. The molecule has 5 heteroatoms. The van der Waals surface area contributed by atoms with Crippen molar-refractivity contribution in [3.8, 4) is 0 Å². The third kappa shape index (κ3) is 3.72. The fourth-order valence-electron chi connectivity index (χ4n) is 3.13. The van der Waals surface area contributed by atoms with Crippen molar-refractivity contribution in [2.45, 2.75) is 32.6 Å². The number of aryl methyl sites for hydroxylation is 1. The lowest BCUT2D eigenvalue weighted by molar-refractivity contribution is -0.129. The number of amides is 1. The van der Waals surface area contributed by atoms with Gasteiger partial charge < -0.3 is 10.2 Å². The van der Waals surface area contributed by atoms with E-state index in [4.69, 9.17) is 0 Å². The van der Waals surface area contributed by atoms with Crippen molar-refractivity contribution in [3.63, 3.8) is 0 Å². The van der Waals surface area contributed by atoms with E-state index in [0.717, 1.165) is 42.3 Å². The SMILES string of the molecule is CCC(=O)N1CC[C@H](c2cc(Nc3ccc(F)cc3)cc(C)n2)C1. The van der Waals surface area contributed by atoms with Crippen molar-refractivity contribution in [1.82, 2.24) is 9.88 Å². The zero-order chi connectivity index (χ0) is 17.1. The monoisotopic (exact) mass is 327 g/mol. The van der Waals surface area contributed by atoms with Crippen LogP contribution in [-0.4, -0.2) is 28.9 Å². The first kappa shape index (κ1) is 16.4. The van der Waals surface area contributed by atoms with Gasteiger partial charge in [0.1, 0.15) is 5.82 Å². The van der Waals surface area contributed by atoms with E-state index in [0.29, 0.717) is 6.42 Å². The Labute approximate surface area is 141 Å². The molecule has 0 bridgehead atoms. The minimum atomic E-state index is -0.251. The van der Waals surface area contributed by atoms with Crippen LogP contribution in [0.5, 0.6) is 0 Å². The van der Waals surface area contributed by atoms with Gasteiger partial charge in [-0.05, 0) is 49.7 Å². The van der Waals surface area contributed by atoms with E-state index < -0.39 is 0 Å². The zero-order valence-corrected chi connectivity index (χ0v) is 14.1. The fraction of sp³-hybridized carbons (Fsp3) is 0.368. The van der Waals surface area contributed by atoms with Crippen LogP contribution in [0, 0.1) is 12.7 Å². The molecule has 1 fully saturated rings. The average Bonchev–Trinajstić information content (AvgIpc) is 3.06. The standard InChI is InChI=1S/C19H22FN3O/c1-3-19(24)23-9-8-14(12-23)18-11-17(10-13(2)21-18)22-16-6-4-15(20)5-7-16/h4-7,10-11,14H,3,8-9,12H2,1-2H3,(H,21,22)/t14-/m0/s1. The maximum atomic E-state index is 13.0. The molecule has 0 saturated carbocycles. The predicted molar refractivity (Wildman–Crippen MR) is 92.9 cm³/mol. The molecule has 2 heterocycles. The molecule has 24 heavy (non-hydrogen) atoms. The summed E-state index contributed by atoms with van der Waals surface area (Å²) in [6, 6.07) is 10.3. The van der Waals surface area contributed by atoms with E-state index in [2.05, 4.69) is 10.3 Å². The molecule has 0 aliphatic carbocycles. The molecule has 0 spiro atoms. The van der Waals surface area contributed by atoms with Gasteiger partial charge in [0, 0.05) is 48.2 Å². The van der Waals surface area contributed by atoms with Gasteiger partial charge in [-0.2, -0.15) is 0 Å². The minimum absolute atomic E-state index is 0.204. The van der Waals surface area contributed by atoms with Crippen LogP contribution in [0.3, 0.4) is 0 Å². The molecule has 1 aliphatic heterocycles. The lowest BCUT2D eigenvalue weighted by Gasteiger charge is -2.16. The summed E-state index contributed by atoms with van der Waals surface area (Å²) in [4.78, 5) is 18.4. The van der Waals surface area contributed by atoms with Crippen molar-refractivity contribution in [2.24, 2.45) is 0 Å². The van der Waals surface area contributed by atoms with Crippen molar-refractivity contribution >= 4 is 17.3 Å². The summed E-state index contributed by atoms with van der Waals surface area (Å²) >= 11 is 0. The molecule has 0 unspecified atom stereocenters. The minimum Gasteiger partial charge on any atom is -0.355 e. The summed E-state index contributed by atoms with van der Waals surface area (Å²) in [6.45, 7) is 5.39. The number of carbonyl (C=O) groups excluding carboxylic acids is 1. The van der Waals surface area contributed by atoms with Gasteiger partial charge >= 0.3 is 0 Å². The summed E-state index contributed by atoms with van der Waals surface area (Å²) < 4.78 is 13.0. The van der Waals surface area contributed by atoms with Gasteiger partial charge in [-0.25, -0.2) is 4.39 Å². The van der Waals surface area contributed by atoms with Crippen LogP contribution in [-0.2, 0) is 4.79 Å². The highest BCUT2D eigenvalue weighted by atomic mass is 19.1. The summed E-state index contributed by atoms with van der Waals surface area (Å²) in [5, 5.41) is 3.29. The number of hydrogen-bond donors (Lipinski definition) is 1. The van der Waals surface area contributed by atoms with Gasteiger partial charge in [-0.1, -0.05) is 6.92 Å². The van der Waals surface area contributed by atoms with Gasteiger partial charge in [-0.15, -0.1) is 0 Å². The number of benzene rings is 1. The molecular weight excluding hydrogens is 305 g/mol. The fourth-order valence-corrected chi connectivity index (χ4v) is 3.13. The molecule has 0 radical (unpaired) electrons. The number of nitrogens with zero attached hydrogens (tertiary/aromatic N) is 2. The van der Waals surface area contributed by atoms with Crippen LogP contribution in [0.25, 0.3) is 0 Å². The molecule has 1 aliphatic rings. The first-order valence-electron chi connectivity index (χ1n) is 8.34. The number of anilines is 2. The highest BCUT2D eigenvalue weighted by Crippen LogP contribution is 2.29. The maximum absolute atomic E-state index is 13.0. The van der Waals surface area contributed by atoms with Crippen molar-refractivity contribution < 1.29 is 9.18 Å². The predicted octanol–water partition coefficient (Wildman–Crippen LogP) is 4.00. The Bertz CT molecular complexity index is 730. The number of carbonyl (C=O) groups is 1. The second-order valence-corrected chi connectivity index (χ2v) is 6.23. The van der Waals surface area contributed by atoms with Gasteiger partial charge in [0.25, 0.3) is 0 Å². The number of likely N-dealkylation sites (tertiary alicyclic amines) is 1. The molecule has 1 amide bonds. The van der Waals surface area contributed by atoms with Crippen LogP contribution in [0.2, 0.25) is 0 Å². The van der Waals surface area contributed by atoms with E-state index in [1.165, 1.54) is 12.1 Å². The van der Waals surface area contributed by atoms with Crippen LogP contribution >= 0.6 is 0 Å².